The van der Waals surface area contributed by atoms with E-state index in [1.165, 1.54) is 19.3 Å². The van der Waals surface area contributed by atoms with Crippen molar-refractivity contribution in [3.8, 4) is 0 Å². The smallest absolute Gasteiger partial charge is 0.305 e. The molecule has 1 rings (SSSR count). The zero-order chi connectivity index (χ0) is 12.7. The molecule has 0 heterocycles. The minimum atomic E-state index is -0.787. The molecule has 4 nitrogen and oxygen atoms in total. The molecule has 17 heavy (non-hydrogen) atoms. The highest BCUT2D eigenvalue weighted by Crippen LogP contribution is 2.17. The van der Waals surface area contributed by atoms with Crippen LogP contribution in [0.2, 0.25) is 0 Å². The third-order valence-corrected chi connectivity index (χ3v) is 3.43. The molecule has 1 aliphatic rings. The average Bonchev–Trinajstić information content (AvgIpc) is 2.28. The van der Waals surface area contributed by atoms with Crippen LogP contribution in [0.4, 0.5) is 0 Å². The van der Waals surface area contributed by atoms with Crippen molar-refractivity contribution in [3.63, 3.8) is 0 Å². The summed E-state index contributed by atoms with van der Waals surface area (Å²) in [7, 11) is 0. The van der Waals surface area contributed by atoms with Crippen molar-refractivity contribution in [2.75, 3.05) is 0 Å². The van der Waals surface area contributed by atoms with E-state index in [1.807, 2.05) is 6.92 Å². The zero-order valence-corrected chi connectivity index (χ0v) is 11.2. The first-order valence-electron chi connectivity index (χ1n) is 6.40. The van der Waals surface area contributed by atoms with Crippen LogP contribution in [-0.2, 0) is 4.79 Å². The Labute approximate surface area is 108 Å². The predicted octanol–water partition coefficient (Wildman–Crippen LogP) is 2.04. The molecule has 98 valence electrons. The van der Waals surface area contributed by atoms with Crippen LogP contribution >= 0.6 is 12.2 Å². The lowest BCUT2D eigenvalue weighted by Gasteiger charge is -2.26. The van der Waals surface area contributed by atoms with E-state index in [1.54, 1.807) is 0 Å². The number of hydrogen-bond acceptors (Lipinski definition) is 2. The molecule has 5 heteroatoms. The third kappa shape index (κ3) is 5.86. The number of aliphatic carboxylic acids is 1. The van der Waals surface area contributed by atoms with Gasteiger partial charge in [0.2, 0.25) is 0 Å². The number of carboxylic acids is 1. The Morgan fingerprint density at radius 3 is 2.59 bits per heavy atom. The Kier molecular flexibility index (Phi) is 6.26. The summed E-state index contributed by atoms with van der Waals surface area (Å²) in [5.74, 6) is -0.787. The van der Waals surface area contributed by atoms with Crippen LogP contribution in [0.15, 0.2) is 0 Å². The summed E-state index contributed by atoms with van der Waals surface area (Å²) in [6.07, 6.45) is 7.03. The van der Waals surface area contributed by atoms with Crippen LogP contribution in [0.1, 0.15) is 51.9 Å². The molecule has 1 unspecified atom stereocenters. The molecule has 0 bridgehead atoms. The number of carbonyl (C=O) groups is 1. The molecule has 0 amide bonds. The number of rotatable bonds is 5. The van der Waals surface area contributed by atoms with Gasteiger partial charge in [-0.05, 0) is 31.5 Å². The van der Waals surface area contributed by atoms with Crippen molar-refractivity contribution in [2.45, 2.75) is 64.0 Å². The Morgan fingerprint density at radius 1 is 1.41 bits per heavy atom. The fraction of sp³-hybridized carbons (Fsp3) is 0.833. The number of hydrogen-bond donors (Lipinski definition) is 3. The van der Waals surface area contributed by atoms with E-state index in [4.69, 9.17) is 17.3 Å². The van der Waals surface area contributed by atoms with E-state index in [0.717, 1.165) is 19.3 Å². The summed E-state index contributed by atoms with van der Waals surface area (Å²) in [5.41, 5.74) is 0. The molecule has 0 aromatic carbocycles. The van der Waals surface area contributed by atoms with Crippen molar-refractivity contribution in [2.24, 2.45) is 0 Å². The third-order valence-electron chi connectivity index (χ3n) is 3.19. The van der Waals surface area contributed by atoms with Gasteiger partial charge >= 0.3 is 5.97 Å². The number of nitrogens with one attached hydrogen (secondary N) is 2. The molecule has 0 aromatic rings. The predicted molar refractivity (Wildman–Crippen MR) is 72.1 cm³/mol. The van der Waals surface area contributed by atoms with Gasteiger partial charge < -0.3 is 15.7 Å². The largest absolute Gasteiger partial charge is 0.481 e. The second kappa shape index (κ2) is 7.48. The molecule has 3 N–H and O–H groups in total. The normalized spacial score (nSPS) is 18.4. The quantitative estimate of drug-likeness (QED) is 0.659. The van der Waals surface area contributed by atoms with E-state index in [2.05, 4.69) is 10.6 Å². The van der Waals surface area contributed by atoms with Gasteiger partial charge in [0.1, 0.15) is 0 Å². The second-order valence-corrected chi connectivity index (χ2v) is 5.06. The van der Waals surface area contributed by atoms with Crippen molar-refractivity contribution in [3.05, 3.63) is 0 Å². The van der Waals surface area contributed by atoms with Gasteiger partial charge in [0.25, 0.3) is 0 Å². The van der Waals surface area contributed by atoms with Gasteiger partial charge in [0, 0.05) is 12.1 Å². The highest BCUT2D eigenvalue weighted by atomic mass is 32.1. The Balaban J connectivity index is 2.28. The maximum Gasteiger partial charge on any atom is 0.305 e. The van der Waals surface area contributed by atoms with Crippen molar-refractivity contribution in [1.82, 2.24) is 10.6 Å². The summed E-state index contributed by atoms with van der Waals surface area (Å²) < 4.78 is 0. The Bertz CT molecular complexity index is 265. The highest BCUT2D eigenvalue weighted by Gasteiger charge is 2.16. The average molecular weight is 258 g/mol. The van der Waals surface area contributed by atoms with Gasteiger partial charge in [-0.1, -0.05) is 26.2 Å². The van der Waals surface area contributed by atoms with Gasteiger partial charge in [-0.25, -0.2) is 0 Å². The van der Waals surface area contributed by atoms with Crippen LogP contribution in [0, 0.1) is 0 Å². The molecular formula is C12H22N2O2S. The summed E-state index contributed by atoms with van der Waals surface area (Å²) in [6.45, 7) is 1.96. The Morgan fingerprint density at radius 2 is 2.06 bits per heavy atom. The maximum absolute atomic E-state index is 10.6. The zero-order valence-electron chi connectivity index (χ0n) is 10.4. The molecule has 1 fully saturated rings. The molecular weight excluding hydrogens is 236 g/mol. The molecule has 0 saturated heterocycles. The molecule has 0 aliphatic heterocycles. The van der Waals surface area contributed by atoms with Gasteiger partial charge in [-0.15, -0.1) is 0 Å². The minimum absolute atomic E-state index is 0.0731. The van der Waals surface area contributed by atoms with Crippen LogP contribution in [0.25, 0.3) is 0 Å². The molecule has 1 saturated carbocycles. The van der Waals surface area contributed by atoms with Crippen molar-refractivity contribution >= 4 is 23.3 Å². The van der Waals surface area contributed by atoms with E-state index in [0.29, 0.717) is 11.2 Å². The first-order valence-corrected chi connectivity index (χ1v) is 6.81. The molecule has 0 spiro atoms. The Hall–Kier alpha value is -0.840. The highest BCUT2D eigenvalue weighted by molar-refractivity contribution is 7.80. The lowest BCUT2D eigenvalue weighted by atomic mass is 9.96. The van der Waals surface area contributed by atoms with Gasteiger partial charge in [0.15, 0.2) is 5.11 Å². The summed E-state index contributed by atoms with van der Waals surface area (Å²) in [5, 5.41) is 15.7. The first kappa shape index (κ1) is 14.2. The van der Waals surface area contributed by atoms with Crippen LogP contribution in [0.3, 0.4) is 0 Å². The topological polar surface area (TPSA) is 61.4 Å². The molecule has 0 radical (unpaired) electrons. The fourth-order valence-corrected chi connectivity index (χ4v) is 2.50. The van der Waals surface area contributed by atoms with E-state index < -0.39 is 5.97 Å². The molecule has 0 aromatic heterocycles. The number of carboxylic acid groups (broad SMARTS) is 1. The second-order valence-electron chi connectivity index (χ2n) is 4.66. The van der Waals surface area contributed by atoms with E-state index in [-0.39, 0.29) is 12.5 Å². The van der Waals surface area contributed by atoms with Crippen LogP contribution < -0.4 is 10.6 Å². The van der Waals surface area contributed by atoms with Crippen LogP contribution in [-0.4, -0.2) is 28.3 Å². The van der Waals surface area contributed by atoms with Crippen molar-refractivity contribution < 1.29 is 9.90 Å². The molecule has 1 atom stereocenters. The SMILES string of the molecule is CCC(CC(=O)O)NC(=S)NC1CCCCC1. The standard InChI is InChI=1S/C12H22N2O2S/c1-2-9(8-11(15)16)13-12(17)14-10-6-4-3-5-7-10/h9-10H,2-8H2,1H3,(H,15,16)(H2,13,14,17). The number of thiocarbonyl (C=S) groups is 1. The molecule has 1 aliphatic carbocycles. The lowest BCUT2D eigenvalue weighted by molar-refractivity contribution is -0.137. The van der Waals surface area contributed by atoms with Crippen molar-refractivity contribution in [1.29, 1.82) is 0 Å². The lowest BCUT2D eigenvalue weighted by Crippen LogP contribution is -2.47. The first-order chi connectivity index (χ1) is 8.11. The fourth-order valence-electron chi connectivity index (χ4n) is 2.17. The summed E-state index contributed by atoms with van der Waals surface area (Å²) >= 11 is 5.22. The monoisotopic (exact) mass is 258 g/mol. The maximum atomic E-state index is 10.6. The summed E-state index contributed by atoms with van der Waals surface area (Å²) in [6, 6.07) is 0.391. The minimum Gasteiger partial charge on any atom is -0.481 e. The van der Waals surface area contributed by atoms with E-state index >= 15 is 0 Å². The van der Waals surface area contributed by atoms with E-state index in [9.17, 15) is 4.79 Å². The summed E-state index contributed by atoms with van der Waals surface area (Å²) in [4.78, 5) is 10.6. The van der Waals surface area contributed by atoms with Crippen LogP contribution in [0.5, 0.6) is 0 Å². The van der Waals surface area contributed by atoms with Gasteiger partial charge in [0.05, 0.1) is 6.42 Å². The van der Waals surface area contributed by atoms with Gasteiger partial charge in [-0.3, -0.25) is 4.79 Å². The van der Waals surface area contributed by atoms with Gasteiger partial charge in [-0.2, -0.15) is 0 Å².